The monoisotopic (exact) mass is 274 g/mol. The molecule has 2 rings (SSSR count). The van der Waals surface area contributed by atoms with Crippen molar-refractivity contribution in [1.29, 1.82) is 0 Å². The van der Waals surface area contributed by atoms with E-state index in [1.165, 1.54) is 19.2 Å². The summed E-state index contributed by atoms with van der Waals surface area (Å²) in [5.74, 6) is -0.0474. The molecule has 1 unspecified atom stereocenters. The minimum Gasteiger partial charge on any atom is -0.362 e. The fourth-order valence-corrected chi connectivity index (χ4v) is 1.74. The number of carbonyl (C=O) groups excluding carboxylic acids is 1. The summed E-state index contributed by atoms with van der Waals surface area (Å²) in [6.45, 7) is 1.89. The van der Waals surface area contributed by atoms with E-state index >= 15 is 0 Å². The smallest absolute Gasteiger partial charge is 0.271 e. The van der Waals surface area contributed by atoms with Crippen LogP contribution in [0.15, 0.2) is 36.4 Å². The second-order valence-corrected chi connectivity index (χ2v) is 4.30. The standard InChI is InChI=1S/C14H15FN4O/c1-9(10-4-3-5-11(15)8-10)17-13-7-6-12(18-19-13)14(20)16-2/h3-9H,1-2H3,(H,16,20)(H,17,19). The lowest BCUT2D eigenvalue weighted by Crippen LogP contribution is -2.20. The van der Waals surface area contributed by atoms with Crippen LogP contribution in [-0.2, 0) is 0 Å². The molecule has 0 aliphatic carbocycles. The van der Waals surface area contributed by atoms with E-state index in [-0.39, 0.29) is 23.5 Å². The van der Waals surface area contributed by atoms with Gasteiger partial charge in [-0.3, -0.25) is 4.79 Å². The van der Waals surface area contributed by atoms with E-state index in [1.54, 1.807) is 18.2 Å². The molecule has 0 fully saturated rings. The zero-order chi connectivity index (χ0) is 14.5. The fourth-order valence-electron chi connectivity index (χ4n) is 1.74. The number of aromatic nitrogens is 2. The molecule has 1 aromatic carbocycles. The third-order valence-electron chi connectivity index (χ3n) is 2.84. The van der Waals surface area contributed by atoms with Gasteiger partial charge in [0.15, 0.2) is 5.69 Å². The first-order chi connectivity index (χ1) is 9.60. The lowest BCUT2D eigenvalue weighted by molar-refractivity contribution is 0.0957. The second-order valence-electron chi connectivity index (χ2n) is 4.30. The third-order valence-corrected chi connectivity index (χ3v) is 2.84. The molecule has 2 aromatic rings. The van der Waals surface area contributed by atoms with E-state index in [0.717, 1.165) is 5.56 Å². The van der Waals surface area contributed by atoms with Crippen molar-refractivity contribution < 1.29 is 9.18 Å². The van der Waals surface area contributed by atoms with Crippen molar-refractivity contribution in [2.75, 3.05) is 12.4 Å². The molecule has 104 valence electrons. The molecular weight excluding hydrogens is 259 g/mol. The van der Waals surface area contributed by atoms with Crippen LogP contribution < -0.4 is 10.6 Å². The number of rotatable bonds is 4. The Morgan fingerprint density at radius 1 is 1.25 bits per heavy atom. The fraction of sp³-hybridized carbons (Fsp3) is 0.214. The average molecular weight is 274 g/mol. The Morgan fingerprint density at radius 3 is 2.65 bits per heavy atom. The van der Waals surface area contributed by atoms with E-state index in [0.29, 0.717) is 5.82 Å². The van der Waals surface area contributed by atoms with Crippen molar-refractivity contribution in [1.82, 2.24) is 15.5 Å². The quantitative estimate of drug-likeness (QED) is 0.896. The van der Waals surface area contributed by atoms with E-state index in [9.17, 15) is 9.18 Å². The highest BCUT2D eigenvalue weighted by molar-refractivity contribution is 5.91. The minimum atomic E-state index is -0.290. The molecule has 0 saturated carbocycles. The summed E-state index contributed by atoms with van der Waals surface area (Å²) in [4.78, 5) is 11.3. The number of halogens is 1. The first-order valence-electron chi connectivity index (χ1n) is 6.18. The Bertz CT molecular complexity index is 600. The van der Waals surface area contributed by atoms with Crippen LogP contribution >= 0.6 is 0 Å². The average Bonchev–Trinajstić information content (AvgIpc) is 2.47. The van der Waals surface area contributed by atoms with Gasteiger partial charge in [0.25, 0.3) is 5.91 Å². The van der Waals surface area contributed by atoms with Gasteiger partial charge in [-0.15, -0.1) is 10.2 Å². The lowest BCUT2D eigenvalue weighted by atomic mass is 10.1. The molecule has 0 bridgehead atoms. The van der Waals surface area contributed by atoms with E-state index in [2.05, 4.69) is 20.8 Å². The van der Waals surface area contributed by atoms with Crippen LogP contribution in [0.3, 0.4) is 0 Å². The second kappa shape index (κ2) is 6.10. The minimum absolute atomic E-state index is 0.120. The van der Waals surface area contributed by atoms with Gasteiger partial charge in [-0.05, 0) is 36.8 Å². The summed E-state index contributed by atoms with van der Waals surface area (Å²) in [5, 5.41) is 13.3. The number of benzene rings is 1. The van der Waals surface area contributed by atoms with Crippen molar-refractivity contribution in [2.45, 2.75) is 13.0 Å². The highest BCUT2D eigenvalue weighted by Crippen LogP contribution is 2.18. The molecule has 5 nitrogen and oxygen atoms in total. The molecule has 20 heavy (non-hydrogen) atoms. The van der Waals surface area contributed by atoms with Crippen LogP contribution in [0.1, 0.15) is 29.0 Å². The Morgan fingerprint density at radius 2 is 2.05 bits per heavy atom. The number of hydrogen-bond acceptors (Lipinski definition) is 4. The Hall–Kier alpha value is -2.50. The molecule has 1 heterocycles. The van der Waals surface area contributed by atoms with Gasteiger partial charge in [-0.1, -0.05) is 12.1 Å². The summed E-state index contributed by atoms with van der Waals surface area (Å²) < 4.78 is 13.1. The van der Waals surface area contributed by atoms with Gasteiger partial charge in [0.2, 0.25) is 0 Å². The molecule has 0 aliphatic rings. The maximum atomic E-state index is 13.1. The van der Waals surface area contributed by atoms with Gasteiger partial charge in [-0.25, -0.2) is 4.39 Å². The van der Waals surface area contributed by atoms with Crippen LogP contribution in [0.5, 0.6) is 0 Å². The van der Waals surface area contributed by atoms with Crippen LogP contribution in [0.25, 0.3) is 0 Å². The van der Waals surface area contributed by atoms with Crippen LogP contribution in [0.2, 0.25) is 0 Å². The number of hydrogen-bond donors (Lipinski definition) is 2. The van der Waals surface area contributed by atoms with Crippen molar-refractivity contribution >= 4 is 11.7 Å². The van der Waals surface area contributed by atoms with Crippen LogP contribution in [0, 0.1) is 5.82 Å². The first kappa shape index (κ1) is 13.9. The lowest BCUT2D eigenvalue weighted by Gasteiger charge is -2.14. The number of nitrogens with one attached hydrogen (secondary N) is 2. The molecule has 0 radical (unpaired) electrons. The van der Waals surface area contributed by atoms with Crippen molar-refractivity contribution in [3.05, 3.63) is 53.5 Å². The SMILES string of the molecule is CNC(=O)c1ccc(NC(C)c2cccc(F)c2)nn1. The largest absolute Gasteiger partial charge is 0.362 e. The molecule has 0 aliphatic heterocycles. The van der Waals surface area contributed by atoms with Gasteiger partial charge < -0.3 is 10.6 Å². The van der Waals surface area contributed by atoms with E-state index in [4.69, 9.17) is 0 Å². The van der Waals surface area contributed by atoms with Gasteiger partial charge >= 0.3 is 0 Å². The number of anilines is 1. The summed E-state index contributed by atoms with van der Waals surface area (Å²) in [5.41, 5.74) is 1.05. The Kier molecular flexibility index (Phi) is 4.24. The molecule has 1 aromatic heterocycles. The van der Waals surface area contributed by atoms with Gasteiger partial charge in [0.1, 0.15) is 11.6 Å². The summed E-state index contributed by atoms with van der Waals surface area (Å²) in [6, 6.07) is 9.46. The van der Waals surface area contributed by atoms with Gasteiger partial charge in [0.05, 0.1) is 6.04 Å². The van der Waals surface area contributed by atoms with E-state index < -0.39 is 0 Å². The maximum absolute atomic E-state index is 13.1. The molecule has 6 heteroatoms. The van der Waals surface area contributed by atoms with Crippen LogP contribution in [0.4, 0.5) is 10.2 Å². The topological polar surface area (TPSA) is 66.9 Å². The molecule has 0 spiro atoms. The Labute approximate surface area is 116 Å². The first-order valence-corrected chi connectivity index (χ1v) is 6.18. The molecule has 1 atom stereocenters. The number of amides is 1. The zero-order valence-corrected chi connectivity index (χ0v) is 11.2. The highest BCUT2D eigenvalue weighted by Gasteiger charge is 2.09. The predicted molar refractivity (Wildman–Crippen MR) is 73.9 cm³/mol. The van der Waals surface area contributed by atoms with Gasteiger partial charge in [-0.2, -0.15) is 0 Å². The van der Waals surface area contributed by atoms with Crippen molar-refractivity contribution in [3.63, 3.8) is 0 Å². The zero-order valence-electron chi connectivity index (χ0n) is 11.2. The molecule has 0 saturated heterocycles. The molecular formula is C14H15FN4O. The summed E-state index contributed by atoms with van der Waals surface area (Å²) in [7, 11) is 1.53. The van der Waals surface area contributed by atoms with Gasteiger partial charge in [0, 0.05) is 7.05 Å². The predicted octanol–water partition coefficient (Wildman–Crippen LogP) is 2.15. The Balaban J connectivity index is 2.08. The van der Waals surface area contributed by atoms with Crippen LogP contribution in [-0.4, -0.2) is 23.2 Å². The highest BCUT2D eigenvalue weighted by atomic mass is 19.1. The molecule has 1 amide bonds. The maximum Gasteiger partial charge on any atom is 0.271 e. The number of carbonyl (C=O) groups is 1. The van der Waals surface area contributed by atoms with Crippen molar-refractivity contribution in [2.24, 2.45) is 0 Å². The normalized spacial score (nSPS) is 11.8. The summed E-state index contributed by atoms with van der Waals surface area (Å²) in [6.07, 6.45) is 0. The molecule has 2 N–H and O–H groups in total. The van der Waals surface area contributed by atoms with Crippen molar-refractivity contribution in [3.8, 4) is 0 Å². The summed E-state index contributed by atoms with van der Waals surface area (Å²) >= 11 is 0. The third kappa shape index (κ3) is 3.28. The number of nitrogens with zero attached hydrogens (tertiary/aromatic N) is 2. The van der Waals surface area contributed by atoms with E-state index in [1.807, 2.05) is 13.0 Å².